The lowest BCUT2D eigenvalue weighted by molar-refractivity contribution is -0.118. The third-order valence-corrected chi connectivity index (χ3v) is 5.73. The predicted molar refractivity (Wildman–Crippen MR) is 94.9 cm³/mol. The van der Waals surface area contributed by atoms with E-state index in [-0.39, 0.29) is 10.8 Å². The van der Waals surface area contributed by atoms with Crippen molar-refractivity contribution in [1.29, 1.82) is 0 Å². The Labute approximate surface area is 143 Å². The Morgan fingerprint density at radius 1 is 1.08 bits per heavy atom. The number of nitrogens with zero attached hydrogens (tertiary/aromatic N) is 1. The van der Waals surface area contributed by atoms with Crippen LogP contribution in [-0.4, -0.2) is 27.6 Å². The zero-order valence-electron chi connectivity index (χ0n) is 13.8. The van der Waals surface area contributed by atoms with E-state index in [0.717, 1.165) is 12.7 Å². The van der Waals surface area contributed by atoms with Gasteiger partial charge in [0.2, 0.25) is 5.91 Å². The molecule has 3 rings (SSSR count). The highest BCUT2D eigenvalue weighted by molar-refractivity contribution is 7.90. The lowest BCUT2D eigenvalue weighted by Crippen LogP contribution is -2.28. The van der Waals surface area contributed by atoms with Gasteiger partial charge < -0.3 is 4.90 Å². The minimum atomic E-state index is -3.37. The highest BCUT2D eigenvalue weighted by Gasteiger charge is 2.40. The summed E-state index contributed by atoms with van der Waals surface area (Å²) in [5, 5.41) is 0. The van der Waals surface area contributed by atoms with Crippen LogP contribution in [0.2, 0.25) is 0 Å². The molecule has 1 saturated carbocycles. The van der Waals surface area contributed by atoms with Crippen molar-refractivity contribution in [3.63, 3.8) is 0 Å². The molecule has 2 aromatic carbocycles. The van der Waals surface area contributed by atoms with Gasteiger partial charge in [-0.25, -0.2) is 8.42 Å². The Morgan fingerprint density at radius 2 is 1.71 bits per heavy atom. The molecule has 0 unspecified atom stereocenters. The number of para-hydroxylation sites is 1. The van der Waals surface area contributed by atoms with Crippen LogP contribution in [0.15, 0.2) is 59.5 Å². The van der Waals surface area contributed by atoms with E-state index in [9.17, 15) is 13.2 Å². The molecule has 0 N–H and O–H groups in total. The largest absolute Gasteiger partial charge is 0.314 e. The first-order chi connectivity index (χ1) is 11.4. The smallest absolute Gasteiger partial charge is 0.227 e. The molecule has 2 aromatic rings. The summed E-state index contributed by atoms with van der Waals surface area (Å²) < 4.78 is 23.8. The standard InChI is InChI=1S/C19H21NO3S/c1-20(17-10-6-7-11-18(17)24(2,22)23)19(21)13-15-12-16(15)14-8-4-3-5-9-14/h3-11,15-16H,12-13H2,1-2H3/t15-,16-/m0/s1. The maximum absolute atomic E-state index is 12.6. The first kappa shape index (κ1) is 16.7. The molecule has 0 aliphatic heterocycles. The molecule has 1 aliphatic rings. The van der Waals surface area contributed by atoms with Crippen LogP contribution < -0.4 is 4.90 Å². The first-order valence-corrected chi connectivity index (χ1v) is 9.87. The van der Waals surface area contributed by atoms with Gasteiger partial charge in [-0.05, 0) is 36.0 Å². The van der Waals surface area contributed by atoms with E-state index in [1.54, 1.807) is 31.3 Å². The van der Waals surface area contributed by atoms with Crippen molar-refractivity contribution in [1.82, 2.24) is 0 Å². The third kappa shape index (κ3) is 3.51. The lowest BCUT2D eigenvalue weighted by atomic mass is 10.1. The second-order valence-electron chi connectivity index (χ2n) is 6.41. The normalized spacial score (nSPS) is 19.8. The van der Waals surface area contributed by atoms with Crippen molar-refractivity contribution >= 4 is 21.4 Å². The summed E-state index contributed by atoms with van der Waals surface area (Å²) >= 11 is 0. The van der Waals surface area contributed by atoms with E-state index in [1.807, 2.05) is 18.2 Å². The Balaban J connectivity index is 1.71. The van der Waals surface area contributed by atoms with Crippen LogP contribution in [0.3, 0.4) is 0 Å². The SMILES string of the molecule is CN(C(=O)C[C@@H]1C[C@H]1c1ccccc1)c1ccccc1S(C)(=O)=O. The van der Waals surface area contributed by atoms with Gasteiger partial charge in [-0.1, -0.05) is 42.5 Å². The topological polar surface area (TPSA) is 54.5 Å². The Kier molecular flexibility index (Phi) is 4.45. The monoisotopic (exact) mass is 343 g/mol. The number of benzene rings is 2. The number of carbonyl (C=O) groups is 1. The fourth-order valence-electron chi connectivity index (χ4n) is 3.13. The molecule has 5 heteroatoms. The third-order valence-electron chi connectivity index (χ3n) is 4.59. The summed E-state index contributed by atoms with van der Waals surface area (Å²) in [6.07, 6.45) is 2.61. The van der Waals surface area contributed by atoms with E-state index in [1.165, 1.54) is 10.5 Å². The van der Waals surface area contributed by atoms with Gasteiger partial charge in [-0.15, -0.1) is 0 Å². The molecule has 0 heterocycles. The maximum atomic E-state index is 12.6. The second-order valence-corrected chi connectivity index (χ2v) is 8.39. The maximum Gasteiger partial charge on any atom is 0.227 e. The van der Waals surface area contributed by atoms with Crippen LogP contribution in [0.5, 0.6) is 0 Å². The second kappa shape index (κ2) is 6.40. The molecule has 1 amide bonds. The summed E-state index contributed by atoms with van der Waals surface area (Å²) in [7, 11) is -1.73. The van der Waals surface area contributed by atoms with E-state index in [0.29, 0.717) is 23.9 Å². The Bertz CT molecular complexity index is 846. The summed E-state index contributed by atoms with van der Waals surface area (Å²) in [6, 6.07) is 16.8. The van der Waals surface area contributed by atoms with Crippen molar-refractivity contribution in [3.05, 3.63) is 60.2 Å². The fourth-order valence-corrected chi connectivity index (χ4v) is 4.04. The van der Waals surface area contributed by atoms with Crippen molar-refractivity contribution in [2.45, 2.75) is 23.7 Å². The molecule has 0 radical (unpaired) electrons. The van der Waals surface area contributed by atoms with Gasteiger partial charge in [0.1, 0.15) is 0 Å². The van der Waals surface area contributed by atoms with E-state index in [2.05, 4.69) is 12.1 Å². The average molecular weight is 343 g/mol. The molecule has 2 atom stereocenters. The molecule has 4 nitrogen and oxygen atoms in total. The minimum absolute atomic E-state index is 0.0467. The number of amides is 1. The summed E-state index contributed by atoms with van der Waals surface area (Å²) in [6.45, 7) is 0. The van der Waals surface area contributed by atoms with Crippen LogP contribution in [0.25, 0.3) is 0 Å². The number of rotatable bonds is 5. The van der Waals surface area contributed by atoms with E-state index >= 15 is 0 Å². The molecular formula is C19H21NO3S. The minimum Gasteiger partial charge on any atom is -0.314 e. The van der Waals surface area contributed by atoms with Crippen LogP contribution in [0.4, 0.5) is 5.69 Å². The molecule has 1 aliphatic carbocycles. The Hall–Kier alpha value is -2.14. The molecule has 0 spiro atoms. The van der Waals surface area contributed by atoms with Gasteiger partial charge >= 0.3 is 0 Å². The van der Waals surface area contributed by atoms with Gasteiger partial charge in [-0.2, -0.15) is 0 Å². The van der Waals surface area contributed by atoms with Crippen LogP contribution in [-0.2, 0) is 14.6 Å². The van der Waals surface area contributed by atoms with Gasteiger partial charge in [0, 0.05) is 19.7 Å². The van der Waals surface area contributed by atoms with E-state index < -0.39 is 9.84 Å². The number of hydrogen-bond acceptors (Lipinski definition) is 3. The van der Waals surface area contributed by atoms with Gasteiger partial charge in [0.05, 0.1) is 10.6 Å². The van der Waals surface area contributed by atoms with Gasteiger partial charge in [-0.3, -0.25) is 4.79 Å². The molecule has 126 valence electrons. The van der Waals surface area contributed by atoms with Gasteiger partial charge in [0.25, 0.3) is 0 Å². The van der Waals surface area contributed by atoms with Crippen LogP contribution in [0.1, 0.15) is 24.3 Å². The quantitative estimate of drug-likeness (QED) is 0.837. The number of carbonyl (C=O) groups excluding carboxylic acids is 1. The highest BCUT2D eigenvalue weighted by atomic mass is 32.2. The zero-order valence-corrected chi connectivity index (χ0v) is 14.7. The van der Waals surface area contributed by atoms with Crippen LogP contribution >= 0.6 is 0 Å². The van der Waals surface area contributed by atoms with Crippen molar-refractivity contribution in [2.24, 2.45) is 5.92 Å². The van der Waals surface area contributed by atoms with Crippen LogP contribution in [0, 0.1) is 5.92 Å². The predicted octanol–water partition coefficient (Wildman–Crippen LogP) is 3.25. The number of hydrogen-bond donors (Lipinski definition) is 0. The molecule has 1 fully saturated rings. The molecule has 24 heavy (non-hydrogen) atoms. The lowest BCUT2D eigenvalue weighted by Gasteiger charge is -2.20. The highest BCUT2D eigenvalue weighted by Crippen LogP contribution is 2.49. The molecular weight excluding hydrogens is 322 g/mol. The molecule has 0 aromatic heterocycles. The van der Waals surface area contributed by atoms with Gasteiger partial charge in [0.15, 0.2) is 9.84 Å². The fraction of sp³-hybridized carbons (Fsp3) is 0.316. The van der Waals surface area contributed by atoms with E-state index in [4.69, 9.17) is 0 Å². The van der Waals surface area contributed by atoms with Crippen molar-refractivity contribution in [2.75, 3.05) is 18.2 Å². The molecule has 0 saturated heterocycles. The summed E-state index contributed by atoms with van der Waals surface area (Å²) in [5.74, 6) is 0.732. The zero-order chi connectivity index (χ0) is 17.3. The summed E-state index contributed by atoms with van der Waals surface area (Å²) in [4.78, 5) is 14.2. The number of anilines is 1. The van der Waals surface area contributed by atoms with Crippen molar-refractivity contribution in [3.8, 4) is 0 Å². The molecule has 0 bridgehead atoms. The summed E-state index contributed by atoms with van der Waals surface area (Å²) in [5.41, 5.74) is 1.72. The Morgan fingerprint density at radius 3 is 2.38 bits per heavy atom. The van der Waals surface area contributed by atoms with Crippen molar-refractivity contribution < 1.29 is 13.2 Å². The first-order valence-electron chi connectivity index (χ1n) is 7.98. The number of sulfone groups is 1. The average Bonchev–Trinajstić information content (AvgIpc) is 3.33.